The average molecular weight is 657 g/mol. The van der Waals surface area contributed by atoms with Crippen LogP contribution in [0.4, 0.5) is 0 Å². The van der Waals surface area contributed by atoms with Crippen molar-refractivity contribution in [3.05, 3.63) is 150 Å². The number of nitrogens with zero attached hydrogens (tertiary/aromatic N) is 4. The number of hydrogen-bond donors (Lipinski definition) is 0. The van der Waals surface area contributed by atoms with E-state index in [2.05, 4.69) is 72.8 Å². The maximum Gasteiger partial charge on any atom is 0.164 e. The van der Waals surface area contributed by atoms with Gasteiger partial charge in [0.1, 0.15) is 11.2 Å². The second kappa shape index (κ2) is 11.6. The molecular formula is C46H32N4O. The SMILES string of the molecule is N#Cc1ccc2c(c1)C1(CCCCC1)c1cccc(-c3cccc(-c4nc(-c5ccccc5)nc(-c5cccc6oc7ccccc7c56)n4)c3)c1-2. The van der Waals surface area contributed by atoms with Crippen molar-refractivity contribution < 1.29 is 4.42 Å². The summed E-state index contributed by atoms with van der Waals surface area (Å²) in [6, 6.07) is 48.3. The number of para-hydroxylation sites is 1. The summed E-state index contributed by atoms with van der Waals surface area (Å²) in [5.41, 5.74) is 12.6. The van der Waals surface area contributed by atoms with Crippen LogP contribution in [-0.4, -0.2) is 15.0 Å². The number of aromatic nitrogens is 3. The van der Waals surface area contributed by atoms with Crippen LogP contribution in [0.25, 0.3) is 78.4 Å². The molecule has 2 heterocycles. The minimum absolute atomic E-state index is 0.0463. The van der Waals surface area contributed by atoms with E-state index in [-0.39, 0.29) is 5.41 Å². The molecule has 10 rings (SSSR count). The van der Waals surface area contributed by atoms with Crippen LogP contribution in [0.1, 0.15) is 48.8 Å². The van der Waals surface area contributed by atoms with Gasteiger partial charge < -0.3 is 4.42 Å². The monoisotopic (exact) mass is 656 g/mol. The summed E-state index contributed by atoms with van der Waals surface area (Å²) < 4.78 is 6.24. The molecule has 0 bridgehead atoms. The third-order valence-corrected chi connectivity index (χ3v) is 11.0. The molecule has 5 nitrogen and oxygen atoms in total. The number of rotatable bonds is 4. The Bertz CT molecular complexity index is 2700. The fourth-order valence-corrected chi connectivity index (χ4v) is 8.68. The first-order valence-corrected chi connectivity index (χ1v) is 17.7. The highest BCUT2D eigenvalue weighted by Crippen LogP contribution is 2.58. The van der Waals surface area contributed by atoms with E-state index in [0.717, 1.165) is 62.6 Å². The van der Waals surface area contributed by atoms with E-state index in [1.54, 1.807) is 0 Å². The van der Waals surface area contributed by atoms with E-state index in [1.165, 1.54) is 47.1 Å². The summed E-state index contributed by atoms with van der Waals surface area (Å²) >= 11 is 0. The van der Waals surface area contributed by atoms with E-state index in [1.807, 2.05) is 66.7 Å². The van der Waals surface area contributed by atoms with Gasteiger partial charge in [-0.25, -0.2) is 15.0 Å². The number of furan rings is 1. The highest BCUT2D eigenvalue weighted by Gasteiger charge is 2.44. The lowest BCUT2D eigenvalue weighted by molar-refractivity contribution is 0.353. The smallest absolute Gasteiger partial charge is 0.164 e. The van der Waals surface area contributed by atoms with Crippen LogP contribution in [0.5, 0.6) is 0 Å². The molecule has 51 heavy (non-hydrogen) atoms. The van der Waals surface area contributed by atoms with Crippen molar-refractivity contribution in [1.82, 2.24) is 15.0 Å². The molecule has 0 atom stereocenters. The average Bonchev–Trinajstić information content (AvgIpc) is 3.71. The zero-order valence-electron chi connectivity index (χ0n) is 27.9. The Morgan fingerprint density at radius 3 is 2.08 bits per heavy atom. The number of benzene rings is 6. The van der Waals surface area contributed by atoms with Gasteiger partial charge in [0.15, 0.2) is 17.5 Å². The van der Waals surface area contributed by atoms with Gasteiger partial charge in [-0.3, -0.25) is 0 Å². The second-order valence-electron chi connectivity index (χ2n) is 13.8. The van der Waals surface area contributed by atoms with E-state index >= 15 is 0 Å². The predicted octanol–water partition coefficient (Wildman–Crippen LogP) is 11.5. The summed E-state index contributed by atoms with van der Waals surface area (Å²) in [6.07, 6.45) is 5.88. The number of fused-ring (bicyclic) bond motifs is 8. The van der Waals surface area contributed by atoms with E-state index in [0.29, 0.717) is 17.5 Å². The molecule has 0 aliphatic heterocycles. The Kier molecular flexibility index (Phi) is 6.72. The van der Waals surface area contributed by atoms with Crippen LogP contribution >= 0.6 is 0 Å². The molecule has 8 aromatic rings. The van der Waals surface area contributed by atoms with Gasteiger partial charge in [0.25, 0.3) is 0 Å². The van der Waals surface area contributed by atoms with Gasteiger partial charge in [-0.15, -0.1) is 0 Å². The van der Waals surface area contributed by atoms with Gasteiger partial charge >= 0.3 is 0 Å². The van der Waals surface area contributed by atoms with E-state index in [4.69, 9.17) is 19.4 Å². The third-order valence-electron chi connectivity index (χ3n) is 11.0. The van der Waals surface area contributed by atoms with Crippen molar-refractivity contribution in [3.8, 4) is 62.5 Å². The van der Waals surface area contributed by atoms with Crippen molar-refractivity contribution in [2.45, 2.75) is 37.5 Å². The van der Waals surface area contributed by atoms with Crippen LogP contribution in [-0.2, 0) is 5.41 Å². The van der Waals surface area contributed by atoms with E-state index in [9.17, 15) is 5.26 Å². The molecule has 0 N–H and O–H groups in total. The normalized spacial score (nSPS) is 14.4. The molecule has 2 aliphatic rings. The van der Waals surface area contributed by atoms with Gasteiger partial charge in [-0.2, -0.15) is 5.26 Å². The summed E-state index contributed by atoms with van der Waals surface area (Å²) in [5, 5.41) is 11.9. The van der Waals surface area contributed by atoms with Crippen molar-refractivity contribution >= 4 is 21.9 Å². The molecule has 2 aliphatic carbocycles. The second-order valence-corrected chi connectivity index (χ2v) is 13.8. The molecule has 1 saturated carbocycles. The number of hydrogen-bond acceptors (Lipinski definition) is 5. The molecular weight excluding hydrogens is 625 g/mol. The summed E-state index contributed by atoms with van der Waals surface area (Å²) in [7, 11) is 0. The number of nitriles is 1. The molecule has 1 spiro atoms. The summed E-state index contributed by atoms with van der Waals surface area (Å²) in [4.78, 5) is 15.3. The lowest BCUT2D eigenvalue weighted by Crippen LogP contribution is -2.28. The van der Waals surface area contributed by atoms with Gasteiger partial charge in [-0.05, 0) is 76.6 Å². The lowest BCUT2D eigenvalue weighted by Gasteiger charge is -2.36. The molecule has 0 unspecified atom stereocenters. The molecule has 0 amide bonds. The Morgan fingerprint density at radius 2 is 1.22 bits per heavy atom. The zero-order chi connectivity index (χ0) is 33.9. The van der Waals surface area contributed by atoms with Crippen molar-refractivity contribution in [3.63, 3.8) is 0 Å². The molecule has 0 radical (unpaired) electrons. The van der Waals surface area contributed by atoms with Crippen molar-refractivity contribution in [2.75, 3.05) is 0 Å². The Balaban J connectivity index is 1.16. The van der Waals surface area contributed by atoms with Crippen LogP contribution in [0.2, 0.25) is 0 Å². The fourth-order valence-electron chi connectivity index (χ4n) is 8.68. The molecule has 0 saturated heterocycles. The van der Waals surface area contributed by atoms with Crippen LogP contribution in [0.3, 0.4) is 0 Å². The molecule has 242 valence electrons. The fraction of sp³-hybridized carbons (Fsp3) is 0.130. The van der Waals surface area contributed by atoms with Gasteiger partial charge in [0, 0.05) is 32.9 Å². The van der Waals surface area contributed by atoms with Crippen LogP contribution in [0.15, 0.2) is 138 Å². The first-order valence-electron chi connectivity index (χ1n) is 17.7. The summed E-state index contributed by atoms with van der Waals surface area (Å²) in [6.45, 7) is 0. The minimum Gasteiger partial charge on any atom is -0.456 e. The quantitative estimate of drug-likeness (QED) is 0.188. The minimum atomic E-state index is -0.0463. The molecule has 2 aromatic heterocycles. The van der Waals surface area contributed by atoms with Gasteiger partial charge in [0.05, 0.1) is 11.6 Å². The standard InChI is InChI=1S/C46H32N4O/c47-28-29-22-23-34-38(26-29)46(24-7-2-8-25-46)37-19-10-17-33(41(34)37)31-14-9-15-32(27-31)44-48-43(30-12-3-1-4-13-30)49-45(50-44)36-18-11-21-40-42(36)35-16-5-6-20-39(35)51-40/h1,3-6,9-23,26-27H,2,7-8,24-25H2. The molecule has 5 heteroatoms. The highest BCUT2D eigenvalue weighted by atomic mass is 16.3. The van der Waals surface area contributed by atoms with Crippen LogP contribution in [0, 0.1) is 11.3 Å². The topological polar surface area (TPSA) is 75.6 Å². The van der Waals surface area contributed by atoms with Crippen molar-refractivity contribution in [2.24, 2.45) is 0 Å². The molecule has 1 fully saturated rings. The third kappa shape index (κ3) is 4.64. The molecule has 6 aromatic carbocycles. The van der Waals surface area contributed by atoms with Crippen LogP contribution < -0.4 is 0 Å². The highest BCUT2D eigenvalue weighted by molar-refractivity contribution is 6.11. The zero-order valence-corrected chi connectivity index (χ0v) is 27.9. The maximum atomic E-state index is 9.85. The Morgan fingerprint density at radius 1 is 0.529 bits per heavy atom. The lowest BCUT2D eigenvalue weighted by atomic mass is 9.67. The predicted molar refractivity (Wildman–Crippen MR) is 203 cm³/mol. The van der Waals surface area contributed by atoms with Gasteiger partial charge in [0.2, 0.25) is 0 Å². The maximum absolute atomic E-state index is 9.85. The summed E-state index contributed by atoms with van der Waals surface area (Å²) in [5.74, 6) is 1.83. The van der Waals surface area contributed by atoms with Gasteiger partial charge in [-0.1, -0.05) is 122 Å². The van der Waals surface area contributed by atoms with E-state index < -0.39 is 0 Å². The largest absolute Gasteiger partial charge is 0.456 e. The first kappa shape index (κ1) is 29.5. The Hall–Kier alpha value is -6.38. The van der Waals surface area contributed by atoms with Crippen molar-refractivity contribution in [1.29, 1.82) is 5.26 Å². The Labute approximate surface area is 295 Å². The first-order chi connectivity index (χ1) is 25.2.